The fourth-order valence-corrected chi connectivity index (χ4v) is 5.78. The third-order valence-corrected chi connectivity index (χ3v) is 7.87. The maximum atomic E-state index is 2.46. The van der Waals surface area contributed by atoms with Crippen LogP contribution in [0.4, 0.5) is 0 Å². The molecule has 0 bridgehead atoms. The van der Waals surface area contributed by atoms with Crippen LogP contribution in [0.3, 0.4) is 0 Å². The van der Waals surface area contributed by atoms with Gasteiger partial charge >= 0.3 is 69.6 Å². The molecule has 0 aromatic carbocycles. The van der Waals surface area contributed by atoms with Crippen molar-refractivity contribution in [3.63, 3.8) is 0 Å². The summed E-state index contributed by atoms with van der Waals surface area (Å²) in [7, 11) is 0. The van der Waals surface area contributed by atoms with E-state index in [0.717, 1.165) is 9.41 Å². The average molecular weight is 202 g/mol. The molecule has 0 fully saturated rings. The fraction of sp³-hybridized carbons (Fsp3) is 0.778. The molecule has 0 saturated carbocycles. The molecule has 0 radical (unpaired) electrons. The Morgan fingerprint density at radius 3 is 1.50 bits per heavy atom. The van der Waals surface area contributed by atoms with E-state index in [1.54, 1.807) is 0 Å². The molecule has 0 aromatic rings. The van der Waals surface area contributed by atoms with Crippen molar-refractivity contribution >= 4 is 14.7 Å². The first-order valence-electron chi connectivity index (χ1n) is 3.99. The number of allylic oxidation sites excluding steroid dienone is 1. The quantitative estimate of drug-likeness (QED) is 0.615. The summed E-state index contributed by atoms with van der Waals surface area (Å²) in [6.07, 6.45) is 2.22. The normalized spacial score (nSPS) is 12.8. The minimum atomic E-state index is -0.627. The zero-order valence-electron chi connectivity index (χ0n) is 7.76. The third-order valence-electron chi connectivity index (χ3n) is 1.51. The van der Waals surface area contributed by atoms with Crippen molar-refractivity contribution in [2.24, 2.45) is 0 Å². The number of rotatable bonds is 3. The Hall–Kier alpha value is 0.298. The molecule has 0 heterocycles. The molecular formula is C9H19As. The zero-order valence-corrected chi connectivity index (χ0v) is 9.63. The monoisotopic (exact) mass is 202 g/mol. The molecular weight excluding hydrogens is 183 g/mol. The predicted molar refractivity (Wildman–Crippen MR) is 50.8 cm³/mol. The molecule has 0 saturated heterocycles. The van der Waals surface area contributed by atoms with Crippen LogP contribution in [-0.4, -0.2) is 14.7 Å². The van der Waals surface area contributed by atoms with Crippen LogP contribution in [0.1, 0.15) is 34.6 Å². The summed E-state index contributed by atoms with van der Waals surface area (Å²) < 4.78 is 1.84. The van der Waals surface area contributed by atoms with Crippen LogP contribution in [0.5, 0.6) is 0 Å². The van der Waals surface area contributed by atoms with Crippen LogP contribution in [0, 0.1) is 0 Å². The van der Waals surface area contributed by atoms with Crippen molar-refractivity contribution in [3.8, 4) is 0 Å². The Balaban J connectivity index is 3.98. The summed E-state index contributed by atoms with van der Waals surface area (Å²) in [5, 5.41) is 0. The van der Waals surface area contributed by atoms with Crippen LogP contribution >= 0.6 is 0 Å². The molecule has 1 heteroatoms. The second-order valence-corrected chi connectivity index (χ2v) is 9.95. The van der Waals surface area contributed by atoms with Gasteiger partial charge in [-0.3, -0.25) is 0 Å². The number of hydrogen-bond acceptors (Lipinski definition) is 0. The molecule has 0 nitrogen and oxygen atoms in total. The average Bonchev–Trinajstić information content (AvgIpc) is 1.81. The Kier molecular flexibility index (Phi) is 5.17. The molecule has 0 unspecified atom stereocenters. The van der Waals surface area contributed by atoms with Gasteiger partial charge in [0.15, 0.2) is 0 Å². The Bertz CT molecular complexity index is 95.3. The van der Waals surface area contributed by atoms with Gasteiger partial charge in [-0.2, -0.15) is 0 Å². The van der Waals surface area contributed by atoms with E-state index in [4.69, 9.17) is 0 Å². The summed E-state index contributed by atoms with van der Waals surface area (Å²) in [5.41, 5.74) is 0. The van der Waals surface area contributed by atoms with Crippen LogP contribution < -0.4 is 0 Å². The standard InChI is InChI=1S/C9H19As/c1-6-7-10(8(2)3)9(4)5/h6-9H,1-5H3/b7-6+. The van der Waals surface area contributed by atoms with Crippen molar-refractivity contribution in [1.82, 2.24) is 0 Å². The van der Waals surface area contributed by atoms with Crippen LogP contribution in [-0.2, 0) is 0 Å². The van der Waals surface area contributed by atoms with Gasteiger partial charge in [0.05, 0.1) is 0 Å². The fourth-order valence-electron chi connectivity index (χ4n) is 1.11. The van der Waals surface area contributed by atoms with Gasteiger partial charge in [0.25, 0.3) is 0 Å². The minimum absolute atomic E-state index is 0.627. The second kappa shape index (κ2) is 5.02. The van der Waals surface area contributed by atoms with Gasteiger partial charge < -0.3 is 0 Å². The van der Waals surface area contributed by atoms with Crippen molar-refractivity contribution in [2.45, 2.75) is 44.0 Å². The van der Waals surface area contributed by atoms with E-state index < -0.39 is 14.7 Å². The van der Waals surface area contributed by atoms with Crippen LogP contribution in [0.2, 0.25) is 9.41 Å². The molecule has 60 valence electrons. The second-order valence-electron chi connectivity index (χ2n) is 3.12. The zero-order chi connectivity index (χ0) is 8.15. The number of hydrogen-bond donors (Lipinski definition) is 0. The predicted octanol–water partition coefficient (Wildman–Crippen LogP) is 3.42. The molecule has 0 atom stereocenters. The van der Waals surface area contributed by atoms with E-state index in [1.807, 2.05) is 0 Å². The molecule has 0 spiro atoms. The molecule has 0 aliphatic carbocycles. The maximum absolute atomic E-state index is 2.46. The molecule has 10 heavy (non-hydrogen) atoms. The van der Waals surface area contributed by atoms with E-state index in [2.05, 4.69) is 45.6 Å². The first-order valence-corrected chi connectivity index (χ1v) is 7.25. The topological polar surface area (TPSA) is 0 Å². The van der Waals surface area contributed by atoms with Crippen molar-refractivity contribution in [2.75, 3.05) is 0 Å². The SMILES string of the molecule is C/C=C/[As](C(C)C)C(C)C. The van der Waals surface area contributed by atoms with Crippen molar-refractivity contribution < 1.29 is 0 Å². The molecule has 0 aromatic heterocycles. The van der Waals surface area contributed by atoms with E-state index in [-0.39, 0.29) is 0 Å². The van der Waals surface area contributed by atoms with Gasteiger partial charge in [0.2, 0.25) is 0 Å². The summed E-state index contributed by atoms with van der Waals surface area (Å²) >= 11 is -0.627. The molecule has 0 amide bonds. The van der Waals surface area contributed by atoms with Gasteiger partial charge in [-0.05, 0) is 0 Å². The summed E-state index contributed by atoms with van der Waals surface area (Å²) in [6, 6.07) is 0. The van der Waals surface area contributed by atoms with Gasteiger partial charge in [-0.15, -0.1) is 0 Å². The van der Waals surface area contributed by atoms with Crippen molar-refractivity contribution in [3.05, 3.63) is 10.9 Å². The molecule has 0 rings (SSSR count). The Labute approximate surface area is 70.0 Å². The molecule has 0 N–H and O–H groups in total. The van der Waals surface area contributed by atoms with Gasteiger partial charge in [0.1, 0.15) is 0 Å². The van der Waals surface area contributed by atoms with E-state index in [0.29, 0.717) is 0 Å². The van der Waals surface area contributed by atoms with Crippen molar-refractivity contribution in [1.29, 1.82) is 0 Å². The third kappa shape index (κ3) is 3.46. The molecule has 0 aliphatic heterocycles. The summed E-state index contributed by atoms with van der Waals surface area (Å²) in [6.45, 7) is 11.5. The summed E-state index contributed by atoms with van der Waals surface area (Å²) in [5.74, 6) is 0. The van der Waals surface area contributed by atoms with Gasteiger partial charge in [-0.1, -0.05) is 0 Å². The molecule has 0 aliphatic rings. The van der Waals surface area contributed by atoms with E-state index in [9.17, 15) is 0 Å². The van der Waals surface area contributed by atoms with E-state index in [1.165, 1.54) is 0 Å². The van der Waals surface area contributed by atoms with Gasteiger partial charge in [0, 0.05) is 0 Å². The Morgan fingerprint density at radius 2 is 1.40 bits per heavy atom. The summed E-state index contributed by atoms with van der Waals surface area (Å²) in [4.78, 5) is 2.46. The van der Waals surface area contributed by atoms with E-state index >= 15 is 0 Å². The Morgan fingerprint density at radius 1 is 1.00 bits per heavy atom. The van der Waals surface area contributed by atoms with Crippen LogP contribution in [0.25, 0.3) is 0 Å². The first kappa shape index (κ1) is 10.3. The first-order chi connectivity index (χ1) is 4.59. The van der Waals surface area contributed by atoms with Crippen LogP contribution in [0.15, 0.2) is 10.9 Å². The van der Waals surface area contributed by atoms with Gasteiger partial charge in [-0.25, -0.2) is 0 Å².